The van der Waals surface area contributed by atoms with Crippen LogP contribution in [0.25, 0.3) is 0 Å². The molecule has 5 nitrogen and oxygen atoms in total. The number of rotatable bonds is 7. The molecule has 1 atom stereocenters. The van der Waals surface area contributed by atoms with Crippen molar-refractivity contribution < 1.29 is 14.8 Å². The van der Waals surface area contributed by atoms with Gasteiger partial charge in [0.1, 0.15) is 0 Å². The number of carbonyl (C=O) groups excluding carboxylic acids is 2. The fourth-order valence-electron chi connectivity index (χ4n) is 2.58. The minimum atomic E-state index is -0.314. The van der Waals surface area contributed by atoms with Crippen LogP contribution in [-0.4, -0.2) is 35.2 Å². The van der Waals surface area contributed by atoms with E-state index in [4.69, 9.17) is 0 Å². The molecule has 0 spiro atoms. The highest BCUT2D eigenvalue weighted by Gasteiger charge is 2.26. The lowest BCUT2D eigenvalue weighted by Gasteiger charge is -2.23. The molecule has 104 valence electrons. The number of hydroxylamine groups is 2. The Labute approximate surface area is 108 Å². The van der Waals surface area contributed by atoms with E-state index < -0.39 is 0 Å². The first-order chi connectivity index (χ1) is 8.52. The molecule has 5 heteroatoms. The van der Waals surface area contributed by atoms with Crippen molar-refractivity contribution in [3.8, 4) is 0 Å². The maximum absolute atomic E-state index is 12.0. The van der Waals surface area contributed by atoms with Gasteiger partial charge in [0.2, 0.25) is 12.3 Å². The highest BCUT2D eigenvalue weighted by atomic mass is 16.5. The maximum atomic E-state index is 12.0. The summed E-state index contributed by atoms with van der Waals surface area (Å²) in [5.74, 6) is 0.163. The smallest absolute Gasteiger partial charge is 0.233 e. The predicted molar refractivity (Wildman–Crippen MR) is 67.9 cm³/mol. The molecule has 0 unspecified atom stereocenters. The van der Waals surface area contributed by atoms with Crippen LogP contribution in [0.4, 0.5) is 0 Å². The summed E-state index contributed by atoms with van der Waals surface area (Å²) >= 11 is 0. The zero-order chi connectivity index (χ0) is 13.5. The Morgan fingerprint density at radius 3 is 2.56 bits per heavy atom. The van der Waals surface area contributed by atoms with Crippen LogP contribution in [-0.2, 0) is 9.59 Å². The van der Waals surface area contributed by atoms with Crippen LogP contribution in [0.15, 0.2) is 0 Å². The largest absolute Gasteiger partial charge is 0.354 e. The van der Waals surface area contributed by atoms with Crippen LogP contribution in [0, 0.1) is 11.8 Å². The van der Waals surface area contributed by atoms with Crippen LogP contribution < -0.4 is 5.32 Å². The Morgan fingerprint density at radius 2 is 2.06 bits per heavy atom. The van der Waals surface area contributed by atoms with Crippen molar-refractivity contribution in [1.82, 2.24) is 10.4 Å². The van der Waals surface area contributed by atoms with Crippen molar-refractivity contribution >= 4 is 12.3 Å². The van der Waals surface area contributed by atoms with Gasteiger partial charge in [0.05, 0.1) is 12.5 Å². The standard InChI is InChI=1S/C13H24N2O3/c1-10(2)14-13(17)12(8-15(18)9-16)7-11-5-3-4-6-11/h9-12,18H,3-8H2,1-2H3,(H,14,17)/t12-/m1/s1. The molecule has 0 heterocycles. The van der Waals surface area contributed by atoms with Crippen LogP contribution >= 0.6 is 0 Å². The van der Waals surface area contributed by atoms with Gasteiger partial charge in [-0.05, 0) is 26.2 Å². The average molecular weight is 256 g/mol. The molecule has 1 rings (SSSR count). The fraction of sp³-hybridized carbons (Fsp3) is 0.846. The van der Waals surface area contributed by atoms with Crippen LogP contribution in [0.2, 0.25) is 0 Å². The molecule has 0 bridgehead atoms. The highest BCUT2D eigenvalue weighted by Crippen LogP contribution is 2.30. The van der Waals surface area contributed by atoms with Gasteiger partial charge in [-0.25, -0.2) is 5.06 Å². The van der Waals surface area contributed by atoms with Gasteiger partial charge < -0.3 is 5.32 Å². The summed E-state index contributed by atoms with van der Waals surface area (Å²) in [7, 11) is 0. The monoisotopic (exact) mass is 256 g/mol. The minimum absolute atomic E-state index is 0.0715. The lowest BCUT2D eigenvalue weighted by molar-refractivity contribution is -0.155. The summed E-state index contributed by atoms with van der Waals surface area (Å²) in [6.07, 6.45) is 5.85. The maximum Gasteiger partial charge on any atom is 0.233 e. The van der Waals surface area contributed by atoms with E-state index in [2.05, 4.69) is 5.32 Å². The van der Waals surface area contributed by atoms with E-state index in [1.807, 2.05) is 13.8 Å². The summed E-state index contributed by atoms with van der Waals surface area (Å²) in [4.78, 5) is 22.5. The molecule has 0 aromatic rings. The second-order valence-corrected chi connectivity index (χ2v) is 5.47. The van der Waals surface area contributed by atoms with Crippen molar-refractivity contribution in [3.63, 3.8) is 0 Å². The highest BCUT2D eigenvalue weighted by molar-refractivity contribution is 5.79. The van der Waals surface area contributed by atoms with Crippen molar-refractivity contribution in [2.45, 2.75) is 52.0 Å². The number of hydrogen-bond acceptors (Lipinski definition) is 3. The molecule has 0 aromatic carbocycles. The minimum Gasteiger partial charge on any atom is -0.354 e. The Morgan fingerprint density at radius 1 is 1.44 bits per heavy atom. The topological polar surface area (TPSA) is 69.6 Å². The number of nitrogens with one attached hydrogen (secondary N) is 1. The summed E-state index contributed by atoms with van der Waals surface area (Å²) in [6.45, 7) is 3.89. The van der Waals surface area contributed by atoms with Gasteiger partial charge in [0, 0.05) is 6.04 Å². The quantitative estimate of drug-likeness (QED) is 0.412. The van der Waals surface area contributed by atoms with Crippen molar-refractivity contribution in [3.05, 3.63) is 0 Å². The SMILES string of the molecule is CC(C)NC(=O)[C@H](CC1CCCC1)CN(O)C=O. The molecule has 0 aliphatic heterocycles. The molecular weight excluding hydrogens is 232 g/mol. The predicted octanol–water partition coefficient (Wildman–Crippen LogP) is 1.56. The van der Waals surface area contributed by atoms with Crippen LogP contribution in [0.5, 0.6) is 0 Å². The number of amides is 2. The molecule has 18 heavy (non-hydrogen) atoms. The average Bonchev–Trinajstić information content (AvgIpc) is 2.79. The molecule has 1 saturated carbocycles. The number of nitrogens with zero attached hydrogens (tertiary/aromatic N) is 1. The summed E-state index contributed by atoms with van der Waals surface area (Å²) in [6, 6.07) is 0.0759. The molecule has 0 aromatic heterocycles. The summed E-state index contributed by atoms with van der Waals surface area (Å²) in [5, 5.41) is 12.7. The molecule has 1 aliphatic carbocycles. The van der Waals surface area contributed by atoms with Crippen molar-refractivity contribution in [2.24, 2.45) is 11.8 Å². The van der Waals surface area contributed by atoms with Crippen molar-refractivity contribution in [1.29, 1.82) is 0 Å². The zero-order valence-corrected chi connectivity index (χ0v) is 11.3. The third-order valence-electron chi connectivity index (χ3n) is 3.42. The second-order valence-electron chi connectivity index (χ2n) is 5.47. The van der Waals surface area contributed by atoms with Gasteiger partial charge in [-0.2, -0.15) is 0 Å². The lowest BCUT2D eigenvalue weighted by Crippen LogP contribution is -2.41. The molecular formula is C13H24N2O3. The summed E-state index contributed by atoms with van der Waals surface area (Å²) in [5.41, 5.74) is 0. The second kappa shape index (κ2) is 7.36. The zero-order valence-electron chi connectivity index (χ0n) is 11.3. The molecule has 2 amide bonds. The van der Waals surface area contributed by atoms with E-state index in [0.717, 1.165) is 19.3 Å². The van der Waals surface area contributed by atoms with Gasteiger partial charge in [-0.3, -0.25) is 14.8 Å². The van der Waals surface area contributed by atoms with Crippen LogP contribution in [0.3, 0.4) is 0 Å². The van der Waals surface area contributed by atoms with E-state index in [1.54, 1.807) is 0 Å². The van der Waals surface area contributed by atoms with Crippen LogP contribution in [0.1, 0.15) is 46.0 Å². The fourth-order valence-corrected chi connectivity index (χ4v) is 2.58. The normalized spacial score (nSPS) is 17.8. The Balaban J connectivity index is 2.54. The molecule has 0 radical (unpaired) electrons. The van der Waals surface area contributed by atoms with E-state index in [1.165, 1.54) is 12.8 Å². The van der Waals surface area contributed by atoms with E-state index >= 15 is 0 Å². The third kappa shape index (κ3) is 5.04. The molecule has 2 N–H and O–H groups in total. The molecule has 1 fully saturated rings. The van der Waals surface area contributed by atoms with Gasteiger partial charge in [-0.1, -0.05) is 25.7 Å². The first-order valence-electron chi connectivity index (χ1n) is 6.74. The van der Waals surface area contributed by atoms with Gasteiger partial charge in [-0.15, -0.1) is 0 Å². The van der Waals surface area contributed by atoms with Gasteiger partial charge in [0.25, 0.3) is 0 Å². The first kappa shape index (κ1) is 15.0. The molecule has 1 aliphatic rings. The van der Waals surface area contributed by atoms with Gasteiger partial charge >= 0.3 is 0 Å². The van der Waals surface area contributed by atoms with E-state index in [0.29, 0.717) is 17.4 Å². The summed E-state index contributed by atoms with van der Waals surface area (Å²) < 4.78 is 0. The Kier molecular flexibility index (Phi) is 6.12. The number of carbonyl (C=O) groups is 2. The Bertz CT molecular complexity index is 275. The van der Waals surface area contributed by atoms with E-state index in [-0.39, 0.29) is 24.4 Å². The first-order valence-corrected chi connectivity index (χ1v) is 6.74. The van der Waals surface area contributed by atoms with Crippen molar-refractivity contribution in [2.75, 3.05) is 6.54 Å². The Hall–Kier alpha value is -1.10. The lowest BCUT2D eigenvalue weighted by atomic mass is 9.92. The number of hydrogen-bond donors (Lipinski definition) is 2. The van der Waals surface area contributed by atoms with E-state index in [9.17, 15) is 14.8 Å². The molecule has 0 saturated heterocycles. The third-order valence-corrected chi connectivity index (χ3v) is 3.42. The van der Waals surface area contributed by atoms with Gasteiger partial charge in [0.15, 0.2) is 0 Å².